The van der Waals surface area contributed by atoms with Crippen molar-refractivity contribution in [2.45, 2.75) is 25.5 Å². The minimum atomic E-state index is -0.511. The fraction of sp³-hybridized carbons (Fsp3) is 0.300. The normalized spacial score (nSPS) is 16.2. The molecule has 0 aliphatic carbocycles. The summed E-state index contributed by atoms with van der Waals surface area (Å²) >= 11 is 0. The number of hydrogen-bond acceptors (Lipinski definition) is 4. The van der Waals surface area contributed by atoms with Crippen molar-refractivity contribution in [3.05, 3.63) is 60.2 Å². The van der Waals surface area contributed by atoms with Crippen molar-refractivity contribution in [2.75, 3.05) is 24.2 Å². The maximum Gasteiger partial charge on any atom is 0.410 e. The van der Waals surface area contributed by atoms with Gasteiger partial charge in [0.05, 0.1) is 11.4 Å². The van der Waals surface area contributed by atoms with E-state index in [1.54, 1.807) is 7.05 Å². The molecule has 1 aliphatic heterocycles. The van der Waals surface area contributed by atoms with E-state index < -0.39 is 12.1 Å². The SMILES string of the molecule is CNc1ccccc1NC(=O)[C@H]1CCCN1C(=O)OCc1ccccc1. The third kappa shape index (κ3) is 4.14. The number of nitrogens with zero attached hydrogens (tertiary/aromatic N) is 1. The number of amides is 2. The van der Waals surface area contributed by atoms with E-state index in [-0.39, 0.29) is 12.5 Å². The van der Waals surface area contributed by atoms with Gasteiger partial charge in [0.2, 0.25) is 5.91 Å². The smallest absolute Gasteiger partial charge is 0.410 e. The van der Waals surface area contributed by atoms with Crippen molar-refractivity contribution in [1.29, 1.82) is 0 Å². The summed E-state index contributed by atoms with van der Waals surface area (Å²) in [6.07, 6.45) is 0.966. The number of benzene rings is 2. The fourth-order valence-electron chi connectivity index (χ4n) is 3.09. The Hall–Kier alpha value is -3.02. The molecule has 0 saturated carbocycles. The number of likely N-dealkylation sites (tertiary alicyclic amines) is 1. The molecular formula is C20H23N3O3. The van der Waals surface area contributed by atoms with Crippen LogP contribution >= 0.6 is 0 Å². The maximum absolute atomic E-state index is 12.7. The van der Waals surface area contributed by atoms with Crippen LogP contribution in [-0.2, 0) is 16.1 Å². The highest BCUT2D eigenvalue weighted by molar-refractivity contribution is 5.99. The van der Waals surface area contributed by atoms with Crippen LogP contribution in [0, 0.1) is 0 Å². The van der Waals surface area contributed by atoms with Crippen molar-refractivity contribution in [3.63, 3.8) is 0 Å². The molecule has 1 atom stereocenters. The monoisotopic (exact) mass is 353 g/mol. The molecule has 0 spiro atoms. The van der Waals surface area contributed by atoms with Crippen LogP contribution in [0.5, 0.6) is 0 Å². The van der Waals surface area contributed by atoms with Gasteiger partial charge in [-0.05, 0) is 30.5 Å². The van der Waals surface area contributed by atoms with Gasteiger partial charge >= 0.3 is 6.09 Å². The minimum absolute atomic E-state index is 0.193. The average molecular weight is 353 g/mol. The second kappa shape index (κ2) is 8.38. The number of ether oxygens (including phenoxy) is 1. The number of anilines is 2. The molecule has 0 unspecified atom stereocenters. The molecule has 2 aromatic carbocycles. The third-order valence-corrected chi connectivity index (χ3v) is 4.45. The Balaban J connectivity index is 1.61. The summed E-state index contributed by atoms with van der Waals surface area (Å²) < 4.78 is 5.38. The number of para-hydroxylation sites is 2. The Morgan fingerprint density at radius 3 is 2.50 bits per heavy atom. The lowest BCUT2D eigenvalue weighted by atomic mass is 10.2. The van der Waals surface area contributed by atoms with E-state index in [2.05, 4.69) is 10.6 Å². The second-order valence-corrected chi connectivity index (χ2v) is 6.18. The molecule has 0 aromatic heterocycles. The van der Waals surface area contributed by atoms with Crippen molar-refractivity contribution in [3.8, 4) is 0 Å². The highest BCUT2D eigenvalue weighted by Gasteiger charge is 2.35. The molecule has 2 N–H and O–H groups in total. The number of rotatable bonds is 5. The summed E-state index contributed by atoms with van der Waals surface area (Å²) in [6.45, 7) is 0.729. The van der Waals surface area contributed by atoms with E-state index in [0.717, 1.165) is 17.7 Å². The van der Waals surface area contributed by atoms with Gasteiger partial charge < -0.3 is 15.4 Å². The Labute approximate surface area is 153 Å². The van der Waals surface area contributed by atoms with Gasteiger partial charge in [-0.15, -0.1) is 0 Å². The highest BCUT2D eigenvalue weighted by Crippen LogP contribution is 2.24. The van der Waals surface area contributed by atoms with E-state index in [1.807, 2.05) is 54.6 Å². The van der Waals surface area contributed by atoms with E-state index in [4.69, 9.17) is 4.74 Å². The number of carbonyl (C=O) groups is 2. The summed E-state index contributed by atoms with van der Waals surface area (Å²) in [5.74, 6) is -0.193. The van der Waals surface area contributed by atoms with Crippen LogP contribution in [0.4, 0.5) is 16.2 Å². The van der Waals surface area contributed by atoms with E-state index in [1.165, 1.54) is 4.90 Å². The van der Waals surface area contributed by atoms with Gasteiger partial charge in [-0.25, -0.2) is 4.79 Å². The van der Waals surface area contributed by atoms with Crippen LogP contribution in [0.15, 0.2) is 54.6 Å². The lowest BCUT2D eigenvalue weighted by molar-refractivity contribution is -0.120. The van der Waals surface area contributed by atoms with Gasteiger partial charge in [0.15, 0.2) is 0 Å². The van der Waals surface area contributed by atoms with Crippen LogP contribution in [0.25, 0.3) is 0 Å². The van der Waals surface area contributed by atoms with Gasteiger partial charge in [-0.1, -0.05) is 42.5 Å². The third-order valence-electron chi connectivity index (χ3n) is 4.45. The van der Waals surface area contributed by atoms with Crippen molar-refractivity contribution in [1.82, 2.24) is 4.90 Å². The number of nitrogens with one attached hydrogen (secondary N) is 2. The number of hydrogen-bond donors (Lipinski definition) is 2. The predicted molar refractivity (Wildman–Crippen MR) is 101 cm³/mol. The molecular weight excluding hydrogens is 330 g/mol. The van der Waals surface area contributed by atoms with Gasteiger partial charge in [0.25, 0.3) is 0 Å². The lowest BCUT2D eigenvalue weighted by Crippen LogP contribution is -2.43. The molecule has 6 heteroatoms. The van der Waals surface area contributed by atoms with Gasteiger partial charge in [-0.2, -0.15) is 0 Å². The molecule has 26 heavy (non-hydrogen) atoms. The lowest BCUT2D eigenvalue weighted by Gasteiger charge is -2.23. The maximum atomic E-state index is 12.7. The molecule has 1 aliphatic rings. The summed E-state index contributed by atoms with van der Waals surface area (Å²) in [7, 11) is 1.80. The molecule has 1 heterocycles. The summed E-state index contributed by atoms with van der Waals surface area (Å²) in [6, 6.07) is 16.5. The molecule has 0 bridgehead atoms. The Kier molecular flexibility index (Phi) is 5.73. The molecule has 2 aromatic rings. The molecule has 0 radical (unpaired) electrons. The Bertz CT molecular complexity index is 764. The topological polar surface area (TPSA) is 70.7 Å². The first-order valence-corrected chi connectivity index (χ1v) is 8.74. The number of carbonyl (C=O) groups excluding carboxylic acids is 2. The first-order valence-electron chi connectivity index (χ1n) is 8.74. The van der Waals surface area contributed by atoms with Crippen LogP contribution in [0.3, 0.4) is 0 Å². The average Bonchev–Trinajstić information content (AvgIpc) is 3.17. The zero-order chi connectivity index (χ0) is 18.4. The summed E-state index contributed by atoms with van der Waals surface area (Å²) in [5.41, 5.74) is 2.45. The summed E-state index contributed by atoms with van der Waals surface area (Å²) in [4.78, 5) is 26.6. The zero-order valence-electron chi connectivity index (χ0n) is 14.8. The van der Waals surface area contributed by atoms with Gasteiger partial charge in [0.1, 0.15) is 12.6 Å². The van der Waals surface area contributed by atoms with E-state index >= 15 is 0 Å². The quantitative estimate of drug-likeness (QED) is 0.863. The molecule has 136 valence electrons. The standard InChI is InChI=1S/C20H23N3O3/c1-21-16-10-5-6-11-17(16)22-19(24)18-12-7-13-23(18)20(25)26-14-15-8-3-2-4-9-15/h2-6,8-11,18,21H,7,12-14H2,1H3,(H,22,24)/t18-/m1/s1. The Morgan fingerprint density at radius 2 is 1.77 bits per heavy atom. The van der Waals surface area contributed by atoms with E-state index in [0.29, 0.717) is 18.7 Å². The highest BCUT2D eigenvalue weighted by atomic mass is 16.6. The molecule has 6 nitrogen and oxygen atoms in total. The minimum Gasteiger partial charge on any atom is -0.445 e. The molecule has 3 rings (SSSR count). The largest absolute Gasteiger partial charge is 0.445 e. The van der Waals surface area contributed by atoms with Gasteiger partial charge in [0, 0.05) is 13.6 Å². The fourth-order valence-corrected chi connectivity index (χ4v) is 3.09. The first kappa shape index (κ1) is 17.8. The van der Waals surface area contributed by atoms with E-state index in [9.17, 15) is 9.59 Å². The van der Waals surface area contributed by atoms with Crippen LogP contribution in [0.1, 0.15) is 18.4 Å². The predicted octanol–water partition coefficient (Wildman–Crippen LogP) is 3.47. The van der Waals surface area contributed by atoms with Crippen LogP contribution in [-0.4, -0.2) is 36.5 Å². The van der Waals surface area contributed by atoms with Crippen LogP contribution < -0.4 is 10.6 Å². The molecule has 1 fully saturated rings. The van der Waals surface area contributed by atoms with Crippen molar-refractivity contribution >= 4 is 23.4 Å². The van der Waals surface area contributed by atoms with Crippen LogP contribution in [0.2, 0.25) is 0 Å². The Morgan fingerprint density at radius 1 is 1.08 bits per heavy atom. The first-order chi connectivity index (χ1) is 12.7. The molecule has 2 amide bonds. The van der Waals surface area contributed by atoms with Crippen molar-refractivity contribution in [2.24, 2.45) is 0 Å². The zero-order valence-corrected chi connectivity index (χ0v) is 14.8. The second-order valence-electron chi connectivity index (χ2n) is 6.18. The van der Waals surface area contributed by atoms with Crippen molar-refractivity contribution < 1.29 is 14.3 Å². The molecule has 1 saturated heterocycles. The summed E-state index contributed by atoms with van der Waals surface area (Å²) in [5, 5.41) is 5.96. The van der Waals surface area contributed by atoms with Gasteiger partial charge in [-0.3, -0.25) is 9.69 Å².